The van der Waals surface area contributed by atoms with Crippen LogP contribution in [0.15, 0.2) is 16.4 Å². The summed E-state index contributed by atoms with van der Waals surface area (Å²) in [7, 11) is 0. The molecule has 0 atom stereocenters. The van der Waals surface area contributed by atoms with Gasteiger partial charge in [-0.25, -0.2) is 0 Å². The highest BCUT2D eigenvalue weighted by atomic mass is 16.3. The summed E-state index contributed by atoms with van der Waals surface area (Å²) in [6.07, 6.45) is 0. The SMILES string of the molecule is O=Nc1cc(N=O)c(O)c(O)c1O. The molecule has 1 aromatic carbocycles. The van der Waals surface area contributed by atoms with Crippen molar-refractivity contribution < 1.29 is 15.3 Å². The number of aromatic hydroxyl groups is 3. The molecule has 13 heavy (non-hydrogen) atoms. The molecule has 0 fully saturated rings. The largest absolute Gasteiger partial charge is 0.503 e. The fourth-order valence-corrected chi connectivity index (χ4v) is 0.760. The van der Waals surface area contributed by atoms with Crippen LogP contribution in [0, 0.1) is 9.81 Å². The van der Waals surface area contributed by atoms with Gasteiger partial charge in [0.05, 0.1) is 0 Å². The van der Waals surface area contributed by atoms with Crippen molar-refractivity contribution in [2.24, 2.45) is 10.4 Å². The van der Waals surface area contributed by atoms with E-state index in [2.05, 4.69) is 10.4 Å². The normalized spacial score (nSPS) is 9.54. The number of phenols is 3. The first kappa shape index (κ1) is 8.91. The average Bonchev–Trinajstić information content (AvgIpc) is 2.15. The molecule has 1 rings (SSSR count). The number of hydrogen-bond acceptors (Lipinski definition) is 7. The molecule has 7 heteroatoms. The standard InChI is InChI=1S/C6H4N2O5/c9-4-2(7-12)1-3(8-13)5(10)6(4)11/h1,9-11H. The van der Waals surface area contributed by atoms with E-state index >= 15 is 0 Å². The second-order valence-electron chi connectivity index (χ2n) is 2.14. The van der Waals surface area contributed by atoms with E-state index in [1.54, 1.807) is 0 Å². The van der Waals surface area contributed by atoms with E-state index in [0.29, 0.717) is 0 Å². The Morgan fingerprint density at radius 1 is 0.846 bits per heavy atom. The fourth-order valence-electron chi connectivity index (χ4n) is 0.760. The van der Waals surface area contributed by atoms with Crippen LogP contribution in [0.1, 0.15) is 0 Å². The first-order valence-electron chi connectivity index (χ1n) is 3.06. The minimum atomic E-state index is -0.994. The van der Waals surface area contributed by atoms with Crippen molar-refractivity contribution in [3.05, 3.63) is 15.9 Å². The Hall–Kier alpha value is -2.18. The zero-order valence-corrected chi connectivity index (χ0v) is 6.13. The molecule has 0 aliphatic heterocycles. The molecular formula is C6H4N2O5. The van der Waals surface area contributed by atoms with Crippen LogP contribution in [0.3, 0.4) is 0 Å². The third-order valence-electron chi connectivity index (χ3n) is 1.40. The minimum absolute atomic E-state index is 0.565. The summed E-state index contributed by atoms with van der Waals surface area (Å²) in [6, 6.07) is 0.754. The number of nitroso groups, excluding NO2 is 2. The smallest absolute Gasteiger partial charge is 0.205 e. The van der Waals surface area contributed by atoms with Crippen LogP contribution < -0.4 is 0 Å². The van der Waals surface area contributed by atoms with Gasteiger partial charge in [0.25, 0.3) is 0 Å². The topological polar surface area (TPSA) is 120 Å². The molecule has 0 unspecified atom stereocenters. The Bertz CT molecular complexity index is 344. The summed E-state index contributed by atoms with van der Waals surface area (Å²) in [5.74, 6) is -2.77. The van der Waals surface area contributed by atoms with E-state index in [4.69, 9.17) is 15.3 Å². The van der Waals surface area contributed by atoms with Crippen LogP contribution >= 0.6 is 0 Å². The second kappa shape index (κ2) is 3.05. The van der Waals surface area contributed by atoms with Gasteiger partial charge in [0.2, 0.25) is 5.75 Å². The quantitative estimate of drug-likeness (QED) is 0.476. The summed E-state index contributed by atoms with van der Waals surface area (Å²) in [5, 5.41) is 31.5. The van der Waals surface area contributed by atoms with E-state index in [9.17, 15) is 9.81 Å². The lowest BCUT2D eigenvalue weighted by atomic mass is 10.2. The minimum Gasteiger partial charge on any atom is -0.503 e. The summed E-state index contributed by atoms with van der Waals surface area (Å²) < 4.78 is 0. The van der Waals surface area contributed by atoms with Crippen molar-refractivity contribution in [2.75, 3.05) is 0 Å². The van der Waals surface area contributed by atoms with Crippen LogP contribution in [0.2, 0.25) is 0 Å². The molecule has 0 radical (unpaired) electrons. The van der Waals surface area contributed by atoms with Crippen molar-refractivity contribution in [1.29, 1.82) is 0 Å². The van der Waals surface area contributed by atoms with Gasteiger partial charge in [-0.15, -0.1) is 9.81 Å². The summed E-state index contributed by atoms with van der Waals surface area (Å²) >= 11 is 0. The molecule has 3 N–H and O–H groups in total. The van der Waals surface area contributed by atoms with E-state index in [1.165, 1.54) is 0 Å². The molecule has 1 aromatic rings. The van der Waals surface area contributed by atoms with Crippen molar-refractivity contribution in [3.8, 4) is 17.2 Å². The highest BCUT2D eigenvalue weighted by Gasteiger charge is 2.17. The molecule has 0 aromatic heterocycles. The van der Waals surface area contributed by atoms with Crippen molar-refractivity contribution in [3.63, 3.8) is 0 Å². The fraction of sp³-hybridized carbons (Fsp3) is 0. The van der Waals surface area contributed by atoms with Crippen molar-refractivity contribution >= 4 is 11.4 Å². The molecule has 7 nitrogen and oxygen atoms in total. The average molecular weight is 184 g/mol. The van der Waals surface area contributed by atoms with Crippen LogP contribution in [0.25, 0.3) is 0 Å². The first-order chi connectivity index (χ1) is 6.11. The monoisotopic (exact) mass is 184 g/mol. The third-order valence-corrected chi connectivity index (χ3v) is 1.40. The third kappa shape index (κ3) is 1.26. The van der Waals surface area contributed by atoms with Gasteiger partial charge in [-0.1, -0.05) is 0 Å². The first-order valence-corrected chi connectivity index (χ1v) is 3.06. The molecule has 0 amide bonds. The molecule has 68 valence electrons. The highest BCUT2D eigenvalue weighted by Crippen LogP contribution is 2.47. The van der Waals surface area contributed by atoms with Crippen molar-refractivity contribution in [1.82, 2.24) is 0 Å². The Morgan fingerprint density at radius 2 is 1.23 bits per heavy atom. The van der Waals surface area contributed by atoms with Gasteiger partial charge < -0.3 is 15.3 Å². The maximum Gasteiger partial charge on any atom is 0.205 e. The Kier molecular flexibility index (Phi) is 2.09. The number of phenolic OH excluding ortho intramolecular Hbond substituents is 3. The van der Waals surface area contributed by atoms with E-state index < -0.39 is 28.6 Å². The molecule has 0 saturated carbocycles. The van der Waals surface area contributed by atoms with Gasteiger partial charge in [0.1, 0.15) is 0 Å². The van der Waals surface area contributed by atoms with Crippen LogP contribution in [0.4, 0.5) is 11.4 Å². The zero-order valence-electron chi connectivity index (χ0n) is 6.13. The maximum atomic E-state index is 10.0. The maximum absolute atomic E-state index is 10.0. The molecule has 0 spiro atoms. The summed E-state index contributed by atoms with van der Waals surface area (Å²) in [5.41, 5.74) is -1.13. The predicted molar refractivity (Wildman–Crippen MR) is 42.3 cm³/mol. The zero-order chi connectivity index (χ0) is 10.0. The van der Waals surface area contributed by atoms with E-state index in [1.807, 2.05) is 0 Å². The van der Waals surface area contributed by atoms with Crippen molar-refractivity contribution in [2.45, 2.75) is 0 Å². The van der Waals surface area contributed by atoms with Crippen LogP contribution in [-0.2, 0) is 0 Å². The van der Waals surface area contributed by atoms with Gasteiger partial charge in [0.15, 0.2) is 22.9 Å². The molecule has 0 aliphatic rings. The Labute approximate surface area is 71.2 Å². The second-order valence-corrected chi connectivity index (χ2v) is 2.14. The summed E-state index contributed by atoms with van der Waals surface area (Å²) in [4.78, 5) is 20.0. The van der Waals surface area contributed by atoms with Gasteiger partial charge in [-0.05, 0) is 10.4 Å². The molecule has 0 heterocycles. The number of benzene rings is 1. The summed E-state index contributed by atoms with van der Waals surface area (Å²) in [6.45, 7) is 0. The van der Waals surface area contributed by atoms with Crippen LogP contribution in [-0.4, -0.2) is 15.3 Å². The van der Waals surface area contributed by atoms with Gasteiger partial charge in [-0.3, -0.25) is 0 Å². The lowest BCUT2D eigenvalue weighted by Gasteiger charge is -2.02. The van der Waals surface area contributed by atoms with E-state index in [0.717, 1.165) is 6.07 Å². The Balaban J connectivity index is 3.53. The van der Waals surface area contributed by atoms with Gasteiger partial charge in [-0.2, -0.15) is 0 Å². The van der Waals surface area contributed by atoms with Gasteiger partial charge in [0, 0.05) is 6.07 Å². The lowest BCUT2D eigenvalue weighted by molar-refractivity contribution is 0.369. The molecular weight excluding hydrogens is 180 g/mol. The number of rotatable bonds is 2. The number of hydrogen-bond donors (Lipinski definition) is 3. The molecule has 0 bridgehead atoms. The number of nitrogens with zero attached hydrogens (tertiary/aromatic N) is 2. The van der Waals surface area contributed by atoms with Gasteiger partial charge >= 0.3 is 0 Å². The highest BCUT2D eigenvalue weighted by molar-refractivity contribution is 5.73. The Morgan fingerprint density at radius 3 is 1.54 bits per heavy atom. The lowest BCUT2D eigenvalue weighted by Crippen LogP contribution is -1.74. The molecule has 0 aliphatic carbocycles. The van der Waals surface area contributed by atoms with E-state index in [-0.39, 0.29) is 0 Å². The van der Waals surface area contributed by atoms with Crippen LogP contribution in [0.5, 0.6) is 17.2 Å². The molecule has 0 saturated heterocycles. The predicted octanol–water partition coefficient (Wildman–Crippen LogP) is 1.60.